The number of anilines is 1. The van der Waals surface area contributed by atoms with Crippen LogP contribution in [0.1, 0.15) is 35.2 Å². The first-order valence-corrected chi connectivity index (χ1v) is 10.6. The van der Waals surface area contributed by atoms with Gasteiger partial charge in [-0.25, -0.2) is 0 Å². The second-order valence-electron chi connectivity index (χ2n) is 7.47. The van der Waals surface area contributed by atoms with Crippen LogP contribution in [-0.2, 0) is 16.0 Å². The van der Waals surface area contributed by atoms with Gasteiger partial charge in [0.05, 0.1) is 38.7 Å². The standard InChI is InChI=1S/C24H30N2O6/c1-29-20-13-16(14-21(30-2)23(20)31-3)10-11-22(27)26-19-9-5-4-8-18(19)24(28)25-15-17-7-6-12-32-17/h4-5,8-9,13-14,17H,6-7,10-12,15H2,1-3H3,(H,25,28)(H,26,27). The maximum atomic E-state index is 12.6. The third-order valence-electron chi connectivity index (χ3n) is 5.33. The second kappa shape index (κ2) is 11.4. The minimum absolute atomic E-state index is 0.0548. The number of rotatable bonds is 10. The Morgan fingerprint density at radius 3 is 2.41 bits per heavy atom. The van der Waals surface area contributed by atoms with E-state index >= 15 is 0 Å². The average Bonchev–Trinajstić information content (AvgIpc) is 3.34. The number of carbonyl (C=O) groups excluding carboxylic acids is 2. The van der Waals surface area contributed by atoms with Crippen LogP contribution in [0.3, 0.4) is 0 Å². The zero-order valence-corrected chi connectivity index (χ0v) is 18.7. The van der Waals surface area contributed by atoms with Gasteiger partial charge in [0.1, 0.15) is 0 Å². The molecule has 0 spiro atoms. The number of ether oxygens (including phenoxy) is 4. The fraction of sp³-hybridized carbons (Fsp3) is 0.417. The maximum Gasteiger partial charge on any atom is 0.253 e. The van der Waals surface area contributed by atoms with Gasteiger partial charge in [0.15, 0.2) is 11.5 Å². The van der Waals surface area contributed by atoms with Crippen molar-refractivity contribution in [2.75, 3.05) is 39.8 Å². The molecule has 172 valence electrons. The molecule has 1 fully saturated rings. The van der Waals surface area contributed by atoms with Crippen molar-refractivity contribution >= 4 is 17.5 Å². The molecular weight excluding hydrogens is 412 g/mol. The number of hydrogen-bond donors (Lipinski definition) is 2. The van der Waals surface area contributed by atoms with Crippen LogP contribution >= 0.6 is 0 Å². The molecular formula is C24H30N2O6. The molecule has 0 aromatic heterocycles. The van der Waals surface area contributed by atoms with Gasteiger partial charge < -0.3 is 29.6 Å². The number of para-hydroxylation sites is 1. The van der Waals surface area contributed by atoms with E-state index in [1.165, 1.54) is 0 Å². The Kier molecular flexibility index (Phi) is 8.33. The summed E-state index contributed by atoms with van der Waals surface area (Å²) in [5.74, 6) is 1.15. The largest absolute Gasteiger partial charge is 0.493 e. The fourth-order valence-corrected chi connectivity index (χ4v) is 3.65. The van der Waals surface area contributed by atoms with Crippen LogP contribution in [0.25, 0.3) is 0 Å². The highest BCUT2D eigenvalue weighted by Crippen LogP contribution is 2.38. The van der Waals surface area contributed by atoms with Crippen LogP contribution in [0.5, 0.6) is 17.2 Å². The molecule has 0 bridgehead atoms. The van der Waals surface area contributed by atoms with E-state index in [4.69, 9.17) is 18.9 Å². The molecule has 2 N–H and O–H groups in total. The molecule has 0 radical (unpaired) electrons. The van der Waals surface area contributed by atoms with Gasteiger partial charge in [-0.3, -0.25) is 9.59 Å². The van der Waals surface area contributed by atoms with Crippen LogP contribution in [0.2, 0.25) is 0 Å². The monoisotopic (exact) mass is 442 g/mol. The number of amides is 2. The molecule has 1 aliphatic rings. The fourth-order valence-electron chi connectivity index (χ4n) is 3.65. The van der Waals surface area contributed by atoms with Gasteiger partial charge in [0.2, 0.25) is 11.7 Å². The second-order valence-corrected chi connectivity index (χ2v) is 7.47. The Morgan fingerprint density at radius 2 is 1.78 bits per heavy atom. The summed E-state index contributed by atoms with van der Waals surface area (Å²) in [7, 11) is 4.64. The molecule has 32 heavy (non-hydrogen) atoms. The minimum Gasteiger partial charge on any atom is -0.493 e. The number of nitrogens with one attached hydrogen (secondary N) is 2. The summed E-state index contributed by atoms with van der Waals surface area (Å²) in [6, 6.07) is 10.6. The van der Waals surface area contributed by atoms with Crippen molar-refractivity contribution in [2.24, 2.45) is 0 Å². The van der Waals surface area contributed by atoms with Crippen molar-refractivity contribution in [3.8, 4) is 17.2 Å². The summed E-state index contributed by atoms with van der Waals surface area (Å²) in [5, 5.41) is 5.74. The molecule has 0 saturated carbocycles. The quantitative estimate of drug-likeness (QED) is 0.587. The molecule has 1 atom stereocenters. The lowest BCUT2D eigenvalue weighted by atomic mass is 10.1. The van der Waals surface area contributed by atoms with Gasteiger partial charge in [-0.15, -0.1) is 0 Å². The minimum atomic E-state index is -0.235. The van der Waals surface area contributed by atoms with Crippen LogP contribution in [0, 0.1) is 0 Å². The molecule has 8 nitrogen and oxygen atoms in total. The van der Waals surface area contributed by atoms with Gasteiger partial charge in [-0.2, -0.15) is 0 Å². The Hall–Kier alpha value is -3.26. The Morgan fingerprint density at radius 1 is 1.06 bits per heavy atom. The Labute approximate surface area is 188 Å². The van der Waals surface area contributed by atoms with Gasteiger partial charge >= 0.3 is 0 Å². The van der Waals surface area contributed by atoms with Crippen molar-refractivity contribution in [1.29, 1.82) is 0 Å². The van der Waals surface area contributed by atoms with E-state index < -0.39 is 0 Å². The van der Waals surface area contributed by atoms with Crippen LogP contribution < -0.4 is 24.8 Å². The highest BCUT2D eigenvalue weighted by molar-refractivity contribution is 6.03. The van der Waals surface area contributed by atoms with Crippen molar-refractivity contribution in [3.63, 3.8) is 0 Å². The molecule has 1 unspecified atom stereocenters. The molecule has 0 aliphatic carbocycles. The van der Waals surface area contributed by atoms with E-state index in [1.807, 2.05) is 12.1 Å². The number of aryl methyl sites for hydroxylation is 1. The van der Waals surface area contributed by atoms with E-state index in [0.29, 0.717) is 41.5 Å². The van der Waals surface area contributed by atoms with Crippen molar-refractivity contribution in [1.82, 2.24) is 5.32 Å². The van der Waals surface area contributed by atoms with Gasteiger partial charge in [-0.1, -0.05) is 12.1 Å². The van der Waals surface area contributed by atoms with Crippen molar-refractivity contribution in [3.05, 3.63) is 47.5 Å². The van der Waals surface area contributed by atoms with E-state index in [-0.39, 0.29) is 24.3 Å². The molecule has 2 aromatic rings. The van der Waals surface area contributed by atoms with E-state index in [9.17, 15) is 9.59 Å². The molecule has 1 aliphatic heterocycles. The SMILES string of the molecule is COc1cc(CCC(=O)Nc2ccccc2C(=O)NCC2CCCO2)cc(OC)c1OC. The molecule has 2 amide bonds. The third kappa shape index (κ3) is 5.91. The van der Waals surface area contributed by atoms with Crippen molar-refractivity contribution in [2.45, 2.75) is 31.8 Å². The normalized spacial score (nSPS) is 15.2. The summed E-state index contributed by atoms with van der Waals surface area (Å²) in [6.45, 7) is 1.20. The van der Waals surface area contributed by atoms with Crippen LogP contribution in [0.4, 0.5) is 5.69 Å². The summed E-state index contributed by atoms with van der Waals surface area (Å²) < 4.78 is 21.6. The first-order valence-electron chi connectivity index (χ1n) is 10.6. The van der Waals surface area contributed by atoms with Gasteiger partial charge in [0.25, 0.3) is 5.91 Å². The van der Waals surface area contributed by atoms with Gasteiger partial charge in [-0.05, 0) is 49.1 Å². The summed E-state index contributed by atoms with van der Waals surface area (Å²) in [6.07, 6.45) is 2.71. The maximum absolute atomic E-state index is 12.6. The predicted octanol–water partition coefficient (Wildman–Crippen LogP) is 3.19. The number of benzene rings is 2. The molecule has 1 saturated heterocycles. The zero-order valence-electron chi connectivity index (χ0n) is 18.7. The lowest BCUT2D eigenvalue weighted by Crippen LogP contribution is -2.32. The Balaban J connectivity index is 1.61. The van der Waals surface area contributed by atoms with Gasteiger partial charge in [0, 0.05) is 19.6 Å². The first kappa shape index (κ1) is 23.4. The first-order chi connectivity index (χ1) is 15.5. The Bertz CT molecular complexity index is 915. The predicted molar refractivity (Wildman–Crippen MR) is 121 cm³/mol. The molecule has 3 rings (SSSR count). The molecule has 2 aromatic carbocycles. The average molecular weight is 443 g/mol. The number of hydrogen-bond acceptors (Lipinski definition) is 6. The highest BCUT2D eigenvalue weighted by atomic mass is 16.5. The third-order valence-corrected chi connectivity index (χ3v) is 5.33. The molecule has 8 heteroatoms. The zero-order chi connectivity index (χ0) is 22.9. The summed E-state index contributed by atoms with van der Waals surface area (Å²) in [5.41, 5.74) is 1.77. The number of carbonyl (C=O) groups is 2. The smallest absolute Gasteiger partial charge is 0.253 e. The van der Waals surface area contributed by atoms with E-state index in [0.717, 1.165) is 25.0 Å². The highest BCUT2D eigenvalue weighted by Gasteiger charge is 2.19. The summed E-state index contributed by atoms with van der Waals surface area (Å²) in [4.78, 5) is 25.2. The molecule has 1 heterocycles. The topological polar surface area (TPSA) is 95.1 Å². The van der Waals surface area contributed by atoms with Crippen LogP contribution in [0.15, 0.2) is 36.4 Å². The van der Waals surface area contributed by atoms with E-state index in [1.54, 1.807) is 45.6 Å². The lowest BCUT2D eigenvalue weighted by molar-refractivity contribution is -0.116. The van der Waals surface area contributed by atoms with Crippen LogP contribution in [-0.4, -0.2) is 52.4 Å². The van der Waals surface area contributed by atoms with Crippen molar-refractivity contribution < 1.29 is 28.5 Å². The lowest BCUT2D eigenvalue weighted by Gasteiger charge is -2.15. The number of methoxy groups -OCH3 is 3. The van der Waals surface area contributed by atoms with E-state index in [2.05, 4.69) is 10.6 Å². The summed E-state index contributed by atoms with van der Waals surface area (Å²) >= 11 is 0.